The van der Waals surface area contributed by atoms with Crippen molar-refractivity contribution in [3.8, 4) is 0 Å². The molecule has 0 aromatic heterocycles. The molecule has 0 spiro atoms. The monoisotopic (exact) mass is 447 g/mol. The Hall–Kier alpha value is -1.41. The molecular weight excluding hydrogens is 405 g/mol. The zero-order valence-corrected chi connectivity index (χ0v) is 21.4. The lowest BCUT2D eigenvalue weighted by Gasteiger charge is -2.52. The summed E-state index contributed by atoms with van der Waals surface area (Å²) in [5.41, 5.74) is 7.75. The number of carbonyl (C=O) groups excluding carboxylic acids is 2. The molecule has 0 saturated carbocycles. The Morgan fingerprint density at radius 2 is 1.37 bits per heavy atom. The number of carbonyl (C=O) groups is 2. The first-order valence-electron chi connectivity index (χ1n) is 10.5. The molecule has 0 fully saturated rings. The molecule has 0 saturated heterocycles. The van der Waals surface area contributed by atoms with Crippen LogP contribution in [0.4, 0.5) is 4.79 Å². The number of nitrogens with one attached hydrogen (secondary N) is 1. The fraction of sp³-hybridized carbons (Fsp3) is 0.800. The van der Waals surface area contributed by atoms with Gasteiger partial charge in [-0.1, -0.05) is 0 Å². The summed E-state index contributed by atoms with van der Waals surface area (Å²) in [6.45, 7) is 20.2. The molecule has 0 unspecified atom stereocenters. The quantitative estimate of drug-likeness (QED) is 0.217. The number of ether oxygens (including phenoxy) is 1. The van der Waals surface area contributed by atoms with Crippen LogP contribution in [0.25, 0.3) is 0 Å². The Labute approximate surface area is 182 Å². The first-order valence-corrected chi connectivity index (χ1v) is 12.1. The number of esters is 1. The number of primary amides is 1. The number of hydrogen-bond acceptors (Lipinski definition) is 7. The van der Waals surface area contributed by atoms with Gasteiger partial charge in [-0.2, -0.15) is 5.10 Å². The van der Waals surface area contributed by atoms with Crippen molar-refractivity contribution in [3.05, 3.63) is 0 Å². The van der Waals surface area contributed by atoms with Crippen molar-refractivity contribution in [2.45, 2.75) is 93.4 Å². The molecule has 0 aromatic carbocycles. The number of urea groups is 1. The van der Waals surface area contributed by atoms with Gasteiger partial charge in [-0.3, -0.25) is 0 Å². The molecule has 0 heterocycles. The van der Waals surface area contributed by atoms with Gasteiger partial charge < -0.3 is 15.0 Å². The molecule has 0 atom stereocenters. The van der Waals surface area contributed by atoms with Gasteiger partial charge in [0, 0.05) is 31.3 Å². The fourth-order valence-corrected chi connectivity index (χ4v) is 8.48. The van der Waals surface area contributed by atoms with E-state index in [2.05, 4.69) is 75.3 Å². The maximum atomic E-state index is 13.3. The second-order valence-electron chi connectivity index (χ2n) is 8.10. The zero-order valence-electron chi connectivity index (χ0n) is 20.5. The maximum Gasteiger partial charge on any atom is 0.345 e. The summed E-state index contributed by atoms with van der Waals surface area (Å²) in [6, 6.07) is -0.591. The minimum absolute atomic E-state index is 0.0552. The van der Waals surface area contributed by atoms with Crippen molar-refractivity contribution in [2.24, 2.45) is 10.8 Å². The Kier molecular flexibility index (Phi) is 11.9. The van der Waals surface area contributed by atoms with Gasteiger partial charge in [-0.15, -0.1) is 0 Å². The molecule has 2 amide bonds. The van der Waals surface area contributed by atoms with Crippen molar-refractivity contribution in [3.63, 3.8) is 0 Å². The summed E-state index contributed by atoms with van der Waals surface area (Å²) < 4.78 is 16.3. The van der Waals surface area contributed by atoms with E-state index < -0.39 is 19.4 Å². The van der Waals surface area contributed by atoms with Gasteiger partial charge in [-0.25, -0.2) is 24.4 Å². The van der Waals surface area contributed by atoms with Crippen LogP contribution in [0, 0.1) is 0 Å². The third-order valence-electron chi connectivity index (χ3n) is 4.43. The largest absolute Gasteiger partial charge is 0.462 e. The molecule has 0 bridgehead atoms. The molecule has 30 heavy (non-hydrogen) atoms. The van der Waals surface area contributed by atoms with Gasteiger partial charge in [0.2, 0.25) is 0 Å². The summed E-state index contributed by atoms with van der Waals surface area (Å²) in [4.78, 5) is 24.6. The molecule has 0 aliphatic rings. The summed E-state index contributed by atoms with van der Waals surface area (Å²) in [5.74, 6) is -0.516. The summed E-state index contributed by atoms with van der Waals surface area (Å²) in [7, 11) is -1.33. The second kappa shape index (κ2) is 12.4. The minimum atomic E-state index is -2.95. The highest BCUT2D eigenvalue weighted by Crippen LogP contribution is 2.61. The lowest BCUT2D eigenvalue weighted by molar-refractivity contribution is -0.134. The van der Waals surface area contributed by atoms with Crippen molar-refractivity contribution >= 4 is 30.4 Å². The molecular formula is C20H42N5O4P. The summed E-state index contributed by atoms with van der Waals surface area (Å²) in [5, 5.41) is 4.40. The highest BCUT2D eigenvalue weighted by Gasteiger charge is 2.45. The van der Waals surface area contributed by atoms with Crippen LogP contribution in [0.5, 0.6) is 0 Å². The molecule has 0 aliphatic heterocycles. The molecule has 9 nitrogen and oxygen atoms in total. The van der Waals surface area contributed by atoms with Gasteiger partial charge in [0.15, 0.2) is 7.41 Å². The van der Waals surface area contributed by atoms with E-state index in [1.807, 2.05) is 0 Å². The topological polar surface area (TPSA) is 109 Å². The van der Waals surface area contributed by atoms with E-state index in [1.165, 1.54) is 0 Å². The Morgan fingerprint density at radius 1 is 0.967 bits per heavy atom. The van der Waals surface area contributed by atoms with E-state index in [9.17, 15) is 9.59 Å². The highest BCUT2D eigenvalue weighted by molar-refractivity contribution is 7.71. The van der Waals surface area contributed by atoms with Crippen LogP contribution < -0.4 is 11.2 Å². The Morgan fingerprint density at radius 3 is 1.63 bits per heavy atom. The molecule has 10 heteroatoms. The highest BCUT2D eigenvalue weighted by atomic mass is 31.2. The number of amides is 2. The standard InChI is InChI=1S/C20H42N5O4P/c1-12-29-19(26)18(17(10)22-23-20(21)27)30(28-11,24(13(2)3)14(4)5)25(15(6)7)16(8)9/h13-16H,12H2,1-11H3,(H3,21,23,27)/b22-17+. The number of rotatable bonds is 11. The van der Waals surface area contributed by atoms with Crippen LogP contribution in [0.3, 0.4) is 0 Å². The fourth-order valence-electron chi connectivity index (χ4n) is 3.94. The van der Waals surface area contributed by atoms with Crippen LogP contribution >= 0.6 is 7.41 Å². The van der Waals surface area contributed by atoms with Crippen LogP contribution in [0.2, 0.25) is 0 Å². The van der Waals surface area contributed by atoms with E-state index >= 15 is 0 Å². The van der Waals surface area contributed by atoms with Crippen molar-refractivity contribution < 1.29 is 18.8 Å². The average Bonchev–Trinajstić information content (AvgIpc) is 2.58. The smallest absolute Gasteiger partial charge is 0.345 e. The van der Waals surface area contributed by atoms with Crippen LogP contribution in [0.15, 0.2) is 5.10 Å². The maximum absolute atomic E-state index is 13.3. The molecule has 3 N–H and O–H groups in total. The first kappa shape index (κ1) is 28.6. The van der Waals surface area contributed by atoms with E-state index in [0.29, 0.717) is 11.0 Å². The van der Waals surface area contributed by atoms with Crippen molar-refractivity contribution in [1.29, 1.82) is 0 Å². The third-order valence-corrected chi connectivity index (χ3v) is 9.13. The van der Waals surface area contributed by atoms with Crippen LogP contribution in [-0.2, 0) is 14.1 Å². The van der Waals surface area contributed by atoms with E-state index in [-0.39, 0.29) is 30.8 Å². The van der Waals surface area contributed by atoms with Gasteiger partial charge in [0.1, 0.15) is 5.29 Å². The van der Waals surface area contributed by atoms with E-state index in [1.54, 1.807) is 21.0 Å². The van der Waals surface area contributed by atoms with Crippen LogP contribution in [0.1, 0.15) is 69.2 Å². The molecule has 176 valence electrons. The number of nitrogens with zero attached hydrogens (tertiary/aromatic N) is 3. The van der Waals surface area contributed by atoms with Crippen molar-refractivity contribution in [1.82, 2.24) is 14.8 Å². The lowest BCUT2D eigenvalue weighted by Crippen LogP contribution is -2.49. The molecule has 0 aromatic rings. The average molecular weight is 448 g/mol. The van der Waals surface area contributed by atoms with Gasteiger partial charge in [0.05, 0.1) is 12.3 Å². The second-order valence-corrected chi connectivity index (χ2v) is 10.9. The third kappa shape index (κ3) is 6.54. The Balaban J connectivity index is 7.71. The van der Waals surface area contributed by atoms with Crippen LogP contribution in [-0.4, -0.2) is 70.2 Å². The van der Waals surface area contributed by atoms with Crippen molar-refractivity contribution in [2.75, 3.05) is 13.7 Å². The number of hydrogen-bond donors (Lipinski definition) is 2. The zero-order chi connectivity index (χ0) is 23.8. The van der Waals surface area contributed by atoms with Gasteiger partial charge in [-0.05, 0) is 69.2 Å². The summed E-state index contributed by atoms with van der Waals surface area (Å²) in [6.07, 6.45) is 0. The van der Waals surface area contributed by atoms with Gasteiger partial charge in [0.25, 0.3) is 0 Å². The predicted octanol–water partition coefficient (Wildman–Crippen LogP) is 3.41. The van der Waals surface area contributed by atoms with E-state index in [0.717, 1.165) is 0 Å². The van der Waals surface area contributed by atoms with E-state index in [4.69, 9.17) is 15.0 Å². The number of nitrogens with two attached hydrogens (primary N) is 1. The molecule has 0 radical (unpaired) electrons. The molecule has 0 aliphatic carbocycles. The first-order chi connectivity index (χ1) is 13.8. The SMILES string of the molecule is CCOC(=O)C(/C(C)=N/NC(N)=O)=P(OC)(N(C(C)C)C(C)C)N(C(C)C)C(C)C. The Bertz CT molecular complexity index is 634. The lowest BCUT2D eigenvalue weighted by atomic mass is 10.3. The summed E-state index contributed by atoms with van der Waals surface area (Å²) >= 11 is 0. The van der Waals surface area contributed by atoms with Gasteiger partial charge >= 0.3 is 12.0 Å². The molecule has 0 rings (SSSR count). The number of hydrazone groups is 1. The normalized spacial score (nSPS) is 13.2. The predicted molar refractivity (Wildman–Crippen MR) is 126 cm³/mol. The minimum Gasteiger partial charge on any atom is -0.462 e.